The summed E-state index contributed by atoms with van der Waals surface area (Å²) in [7, 11) is 0. The Hall–Kier alpha value is -6.96. The maximum absolute atomic E-state index is 6.47. The number of rotatable bonds is 4. The smallest absolute Gasteiger partial charge is 0.143 e. The summed E-state index contributed by atoms with van der Waals surface area (Å²) in [4.78, 5) is 0. The van der Waals surface area contributed by atoms with Crippen molar-refractivity contribution < 1.29 is 4.42 Å². The van der Waals surface area contributed by atoms with Crippen LogP contribution in [-0.4, -0.2) is 0 Å². The summed E-state index contributed by atoms with van der Waals surface area (Å²) >= 11 is 0. The third-order valence-electron chi connectivity index (χ3n) is 11.1. The molecule has 0 saturated carbocycles. The van der Waals surface area contributed by atoms with Crippen molar-refractivity contribution in [3.05, 3.63) is 194 Å². The summed E-state index contributed by atoms with van der Waals surface area (Å²) in [6, 6.07) is 70.6. The van der Waals surface area contributed by atoms with Crippen LogP contribution in [-0.2, 0) is 0 Å². The minimum Gasteiger partial charge on any atom is -0.455 e. The minimum absolute atomic E-state index is 0.913. The van der Waals surface area contributed by atoms with Gasteiger partial charge in [0.05, 0.1) is 0 Å². The van der Waals surface area contributed by atoms with Crippen LogP contribution in [0.4, 0.5) is 0 Å². The van der Waals surface area contributed by atoms with Gasteiger partial charge in [-0.15, -0.1) is 0 Å². The maximum Gasteiger partial charge on any atom is 0.143 e. The van der Waals surface area contributed by atoms with Crippen LogP contribution in [0.2, 0.25) is 0 Å². The molecule has 0 saturated heterocycles. The SMILES string of the molecule is c1cc(-c2ccc3c(-c4cccc5ccccc45)c4ccccc4c(-c4cccc5ccccc45)c3c2)cc(-c2cccc3c2oc2ccccc23)c1. The van der Waals surface area contributed by atoms with E-state index in [1.54, 1.807) is 0 Å². The van der Waals surface area contributed by atoms with Gasteiger partial charge in [-0.05, 0) is 100 Å². The normalized spacial score (nSPS) is 11.8. The molecule has 0 bridgehead atoms. The lowest BCUT2D eigenvalue weighted by Crippen LogP contribution is -1.93. The van der Waals surface area contributed by atoms with E-state index in [1.807, 2.05) is 12.1 Å². The van der Waals surface area contributed by atoms with Crippen LogP contribution in [0.25, 0.3) is 110 Å². The highest BCUT2D eigenvalue weighted by Gasteiger charge is 2.20. The largest absolute Gasteiger partial charge is 0.455 e. The van der Waals surface area contributed by atoms with Crippen LogP contribution in [0, 0.1) is 0 Å². The molecule has 53 heavy (non-hydrogen) atoms. The maximum atomic E-state index is 6.47. The predicted octanol–water partition coefficient (Wildman–Crippen LogP) is 14.9. The summed E-state index contributed by atoms with van der Waals surface area (Å²) in [5.41, 5.74) is 11.5. The summed E-state index contributed by atoms with van der Waals surface area (Å²) < 4.78 is 6.47. The van der Waals surface area contributed by atoms with E-state index in [2.05, 4.69) is 182 Å². The van der Waals surface area contributed by atoms with Crippen molar-refractivity contribution in [1.82, 2.24) is 0 Å². The Morgan fingerprint density at radius 3 is 1.45 bits per heavy atom. The second kappa shape index (κ2) is 11.8. The van der Waals surface area contributed by atoms with Crippen molar-refractivity contribution in [2.45, 2.75) is 0 Å². The first kappa shape index (κ1) is 29.7. The van der Waals surface area contributed by atoms with Crippen molar-refractivity contribution in [2.24, 2.45) is 0 Å². The van der Waals surface area contributed by atoms with E-state index < -0.39 is 0 Å². The fourth-order valence-corrected chi connectivity index (χ4v) is 8.67. The molecule has 0 radical (unpaired) electrons. The van der Waals surface area contributed by atoms with E-state index in [9.17, 15) is 0 Å². The Labute approximate surface area is 307 Å². The van der Waals surface area contributed by atoms with E-state index in [1.165, 1.54) is 76.5 Å². The minimum atomic E-state index is 0.913. The predicted molar refractivity (Wildman–Crippen MR) is 225 cm³/mol. The molecule has 0 unspecified atom stereocenters. The Kier molecular flexibility index (Phi) is 6.62. The van der Waals surface area contributed by atoms with E-state index in [-0.39, 0.29) is 0 Å². The zero-order valence-electron chi connectivity index (χ0n) is 28.9. The molecule has 0 fully saturated rings. The molecule has 10 aromatic carbocycles. The van der Waals surface area contributed by atoms with Gasteiger partial charge in [-0.3, -0.25) is 0 Å². The van der Waals surface area contributed by atoms with Gasteiger partial charge in [0, 0.05) is 16.3 Å². The van der Waals surface area contributed by atoms with Gasteiger partial charge < -0.3 is 4.42 Å². The van der Waals surface area contributed by atoms with Gasteiger partial charge in [0.25, 0.3) is 0 Å². The lowest BCUT2D eigenvalue weighted by Gasteiger charge is -2.20. The van der Waals surface area contributed by atoms with Crippen LogP contribution < -0.4 is 0 Å². The van der Waals surface area contributed by atoms with Crippen molar-refractivity contribution >= 4 is 65.0 Å². The highest BCUT2D eigenvalue weighted by molar-refractivity contribution is 6.25. The number of hydrogen-bond acceptors (Lipinski definition) is 1. The molecule has 1 heteroatoms. The second-order valence-electron chi connectivity index (χ2n) is 14.0. The molecule has 0 atom stereocenters. The van der Waals surface area contributed by atoms with Gasteiger partial charge in [0.2, 0.25) is 0 Å². The number of fused-ring (bicyclic) bond motifs is 7. The third-order valence-corrected chi connectivity index (χ3v) is 11.1. The molecule has 11 aromatic rings. The van der Waals surface area contributed by atoms with Crippen LogP contribution in [0.5, 0.6) is 0 Å². The highest BCUT2D eigenvalue weighted by Crippen LogP contribution is 2.48. The first-order valence-corrected chi connectivity index (χ1v) is 18.3. The molecule has 11 rings (SSSR count). The molecule has 246 valence electrons. The molecule has 1 nitrogen and oxygen atoms in total. The quantitative estimate of drug-likeness (QED) is 0.170. The van der Waals surface area contributed by atoms with Crippen molar-refractivity contribution in [2.75, 3.05) is 0 Å². The summed E-state index contributed by atoms with van der Waals surface area (Å²) in [5.74, 6) is 0. The molecular formula is C52H32O. The topological polar surface area (TPSA) is 13.1 Å². The van der Waals surface area contributed by atoms with Gasteiger partial charge in [-0.1, -0.05) is 176 Å². The molecule has 0 aliphatic rings. The molecule has 0 spiro atoms. The van der Waals surface area contributed by atoms with Gasteiger partial charge in [0.15, 0.2) is 0 Å². The molecule has 0 aliphatic heterocycles. The van der Waals surface area contributed by atoms with E-state index in [4.69, 9.17) is 4.42 Å². The van der Waals surface area contributed by atoms with Gasteiger partial charge >= 0.3 is 0 Å². The molecule has 0 N–H and O–H groups in total. The Morgan fingerprint density at radius 2 is 0.736 bits per heavy atom. The van der Waals surface area contributed by atoms with Crippen molar-refractivity contribution in [3.8, 4) is 44.5 Å². The monoisotopic (exact) mass is 672 g/mol. The number of furan rings is 1. The summed E-state index contributed by atoms with van der Waals surface area (Å²) in [6.45, 7) is 0. The van der Waals surface area contributed by atoms with E-state index in [0.717, 1.165) is 33.1 Å². The molecular weight excluding hydrogens is 641 g/mol. The van der Waals surface area contributed by atoms with Crippen LogP contribution in [0.15, 0.2) is 199 Å². The van der Waals surface area contributed by atoms with E-state index in [0.29, 0.717) is 0 Å². The third kappa shape index (κ3) is 4.64. The van der Waals surface area contributed by atoms with Gasteiger partial charge in [-0.25, -0.2) is 0 Å². The van der Waals surface area contributed by atoms with Gasteiger partial charge in [0.1, 0.15) is 11.2 Å². The zero-order valence-corrected chi connectivity index (χ0v) is 28.9. The average molecular weight is 673 g/mol. The first-order valence-electron chi connectivity index (χ1n) is 18.3. The van der Waals surface area contributed by atoms with Crippen molar-refractivity contribution in [3.63, 3.8) is 0 Å². The second-order valence-corrected chi connectivity index (χ2v) is 14.0. The molecule has 0 aliphatic carbocycles. The fraction of sp³-hybridized carbons (Fsp3) is 0. The standard InChI is InChI=1S/C52H32O/c1-3-19-38-33(13-1)15-10-25-42(38)50-44-22-5-6-23-45(44)51(43-26-11-16-34-14-2-4-20-39(34)43)48-32-36(29-30-46(48)50)35-17-9-18-37(31-35)40-24-12-27-47-41-21-7-8-28-49(41)53-52(40)47/h1-32H. The lowest BCUT2D eigenvalue weighted by molar-refractivity contribution is 0.670. The fourth-order valence-electron chi connectivity index (χ4n) is 8.67. The Bertz CT molecular complexity index is 3220. The summed E-state index contributed by atoms with van der Waals surface area (Å²) in [6.07, 6.45) is 0. The van der Waals surface area contributed by atoms with Gasteiger partial charge in [-0.2, -0.15) is 0 Å². The highest BCUT2D eigenvalue weighted by atomic mass is 16.3. The number of benzene rings is 10. The first-order chi connectivity index (χ1) is 26.3. The lowest BCUT2D eigenvalue weighted by atomic mass is 9.83. The number of para-hydroxylation sites is 2. The molecule has 1 heterocycles. The van der Waals surface area contributed by atoms with Crippen molar-refractivity contribution in [1.29, 1.82) is 0 Å². The average Bonchev–Trinajstić information content (AvgIpc) is 3.61. The van der Waals surface area contributed by atoms with Crippen LogP contribution in [0.1, 0.15) is 0 Å². The number of hydrogen-bond donors (Lipinski definition) is 0. The van der Waals surface area contributed by atoms with Crippen LogP contribution >= 0.6 is 0 Å². The zero-order chi connectivity index (χ0) is 34.9. The van der Waals surface area contributed by atoms with Crippen LogP contribution in [0.3, 0.4) is 0 Å². The Morgan fingerprint density at radius 1 is 0.264 bits per heavy atom. The van der Waals surface area contributed by atoms with E-state index >= 15 is 0 Å². The molecule has 1 aromatic heterocycles. The molecule has 0 amide bonds. The summed E-state index contributed by atoms with van der Waals surface area (Å²) in [5, 5.41) is 12.3. The Balaban J connectivity index is 1.21.